The molecule has 1 aliphatic rings. The van der Waals surface area contributed by atoms with E-state index in [-0.39, 0.29) is 0 Å². The Morgan fingerprint density at radius 3 is 2.82 bits per heavy atom. The predicted molar refractivity (Wildman–Crippen MR) is 70.9 cm³/mol. The molecule has 1 atom stereocenters. The van der Waals surface area contributed by atoms with Gasteiger partial charge in [0.2, 0.25) is 0 Å². The first-order valence-electron chi connectivity index (χ1n) is 5.82. The van der Waals surface area contributed by atoms with Crippen molar-refractivity contribution in [1.82, 2.24) is 5.32 Å². The van der Waals surface area contributed by atoms with Gasteiger partial charge in [-0.25, -0.2) is 0 Å². The SMILES string of the molecule is COc1ccc([C@@H]2NCCc3sccc32)cc1. The molecule has 2 heterocycles. The van der Waals surface area contributed by atoms with E-state index in [0.29, 0.717) is 6.04 Å². The summed E-state index contributed by atoms with van der Waals surface area (Å²) in [6, 6.07) is 10.9. The van der Waals surface area contributed by atoms with Crippen molar-refractivity contribution in [2.45, 2.75) is 12.5 Å². The lowest BCUT2D eigenvalue weighted by Gasteiger charge is -2.24. The number of rotatable bonds is 2. The van der Waals surface area contributed by atoms with Crippen LogP contribution in [0.25, 0.3) is 0 Å². The Morgan fingerprint density at radius 1 is 1.24 bits per heavy atom. The summed E-state index contributed by atoms with van der Waals surface area (Å²) in [5.41, 5.74) is 2.75. The first-order valence-corrected chi connectivity index (χ1v) is 6.70. The quantitative estimate of drug-likeness (QED) is 0.878. The van der Waals surface area contributed by atoms with E-state index >= 15 is 0 Å². The molecule has 0 unspecified atom stereocenters. The average molecular weight is 245 g/mol. The third-order valence-electron chi connectivity index (χ3n) is 3.24. The summed E-state index contributed by atoms with van der Waals surface area (Å²) >= 11 is 1.87. The molecule has 1 aromatic carbocycles. The van der Waals surface area contributed by atoms with Gasteiger partial charge >= 0.3 is 0 Å². The fourth-order valence-electron chi connectivity index (χ4n) is 2.34. The molecule has 2 aromatic rings. The lowest BCUT2D eigenvalue weighted by molar-refractivity contribution is 0.414. The van der Waals surface area contributed by atoms with Crippen LogP contribution in [-0.2, 0) is 6.42 Å². The van der Waals surface area contributed by atoms with Crippen molar-refractivity contribution >= 4 is 11.3 Å². The van der Waals surface area contributed by atoms with Crippen LogP contribution in [0, 0.1) is 0 Å². The summed E-state index contributed by atoms with van der Waals surface area (Å²) in [6.07, 6.45) is 1.15. The Morgan fingerprint density at radius 2 is 2.06 bits per heavy atom. The average Bonchev–Trinajstić information content (AvgIpc) is 2.87. The maximum atomic E-state index is 5.19. The summed E-state index contributed by atoms with van der Waals surface area (Å²) in [5, 5.41) is 5.77. The minimum absolute atomic E-state index is 0.343. The highest BCUT2D eigenvalue weighted by atomic mass is 32.1. The molecule has 1 N–H and O–H groups in total. The Hall–Kier alpha value is -1.32. The normalized spacial score (nSPS) is 18.8. The summed E-state index contributed by atoms with van der Waals surface area (Å²) in [5.74, 6) is 0.912. The summed E-state index contributed by atoms with van der Waals surface area (Å²) in [7, 11) is 1.70. The molecule has 88 valence electrons. The number of benzene rings is 1. The van der Waals surface area contributed by atoms with Crippen LogP contribution in [0.3, 0.4) is 0 Å². The monoisotopic (exact) mass is 245 g/mol. The van der Waals surface area contributed by atoms with Crippen LogP contribution >= 0.6 is 11.3 Å². The van der Waals surface area contributed by atoms with Gasteiger partial charge < -0.3 is 10.1 Å². The largest absolute Gasteiger partial charge is 0.497 e. The first-order chi connectivity index (χ1) is 8.38. The van der Waals surface area contributed by atoms with E-state index in [0.717, 1.165) is 18.7 Å². The smallest absolute Gasteiger partial charge is 0.118 e. The van der Waals surface area contributed by atoms with Gasteiger partial charge in [0.25, 0.3) is 0 Å². The first kappa shape index (κ1) is 10.8. The maximum absolute atomic E-state index is 5.19. The molecule has 0 aliphatic carbocycles. The van der Waals surface area contributed by atoms with Crippen LogP contribution in [0.1, 0.15) is 22.0 Å². The topological polar surface area (TPSA) is 21.3 Å². The molecule has 1 aliphatic heterocycles. The molecular formula is C14H15NOS. The van der Waals surface area contributed by atoms with Gasteiger partial charge in [-0.2, -0.15) is 0 Å². The van der Waals surface area contributed by atoms with Crippen molar-refractivity contribution in [1.29, 1.82) is 0 Å². The minimum atomic E-state index is 0.343. The van der Waals surface area contributed by atoms with Gasteiger partial charge in [0.1, 0.15) is 5.75 Å². The van der Waals surface area contributed by atoms with Crippen molar-refractivity contribution in [3.05, 3.63) is 51.7 Å². The van der Waals surface area contributed by atoms with E-state index in [4.69, 9.17) is 4.74 Å². The molecule has 0 saturated heterocycles. The van der Waals surface area contributed by atoms with Crippen molar-refractivity contribution < 1.29 is 4.74 Å². The van der Waals surface area contributed by atoms with E-state index in [2.05, 4.69) is 28.9 Å². The van der Waals surface area contributed by atoms with Gasteiger partial charge in [-0.05, 0) is 41.1 Å². The fourth-order valence-corrected chi connectivity index (χ4v) is 3.27. The highest BCUT2D eigenvalue weighted by Crippen LogP contribution is 2.32. The molecule has 3 heteroatoms. The zero-order valence-corrected chi connectivity index (χ0v) is 10.6. The number of methoxy groups -OCH3 is 1. The lowest BCUT2D eigenvalue weighted by atomic mass is 9.95. The second kappa shape index (κ2) is 4.51. The van der Waals surface area contributed by atoms with E-state index in [1.54, 1.807) is 7.11 Å². The van der Waals surface area contributed by atoms with Gasteiger partial charge in [0.05, 0.1) is 13.2 Å². The molecule has 0 fully saturated rings. The molecule has 0 radical (unpaired) electrons. The lowest BCUT2D eigenvalue weighted by Crippen LogP contribution is -2.29. The second-order valence-corrected chi connectivity index (χ2v) is 5.21. The summed E-state index contributed by atoms with van der Waals surface area (Å²) < 4.78 is 5.19. The Kier molecular flexibility index (Phi) is 2.87. The molecule has 3 rings (SSSR count). The molecule has 17 heavy (non-hydrogen) atoms. The number of ether oxygens (including phenoxy) is 1. The van der Waals surface area contributed by atoms with E-state index < -0.39 is 0 Å². The number of hydrogen-bond acceptors (Lipinski definition) is 3. The number of hydrogen-bond donors (Lipinski definition) is 1. The molecule has 1 aromatic heterocycles. The van der Waals surface area contributed by atoms with Crippen LogP contribution in [0.4, 0.5) is 0 Å². The van der Waals surface area contributed by atoms with Crippen LogP contribution in [0.15, 0.2) is 35.7 Å². The molecule has 0 bridgehead atoms. The van der Waals surface area contributed by atoms with Gasteiger partial charge in [-0.15, -0.1) is 11.3 Å². The predicted octanol–water partition coefficient (Wildman–Crippen LogP) is 2.99. The fraction of sp³-hybridized carbons (Fsp3) is 0.286. The highest BCUT2D eigenvalue weighted by Gasteiger charge is 2.21. The van der Waals surface area contributed by atoms with E-state index in [9.17, 15) is 0 Å². The third-order valence-corrected chi connectivity index (χ3v) is 4.24. The van der Waals surface area contributed by atoms with Crippen molar-refractivity contribution in [3.63, 3.8) is 0 Å². The highest BCUT2D eigenvalue weighted by molar-refractivity contribution is 7.10. The molecular weight excluding hydrogens is 230 g/mol. The maximum Gasteiger partial charge on any atom is 0.118 e. The molecule has 0 amide bonds. The Bertz CT molecular complexity index is 503. The summed E-state index contributed by atoms with van der Waals surface area (Å²) in [6.45, 7) is 1.06. The zero-order chi connectivity index (χ0) is 11.7. The van der Waals surface area contributed by atoms with Crippen molar-refractivity contribution in [3.8, 4) is 5.75 Å². The van der Waals surface area contributed by atoms with Crippen molar-refractivity contribution in [2.24, 2.45) is 0 Å². The number of nitrogens with one attached hydrogen (secondary N) is 1. The Labute approximate surface area is 105 Å². The summed E-state index contributed by atoms with van der Waals surface area (Å²) in [4.78, 5) is 1.52. The number of fused-ring (bicyclic) bond motifs is 1. The second-order valence-electron chi connectivity index (χ2n) is 4.21. The van der Waals surface area contributed by atoms with E-state index in [1.807, 2.05) is 23.5 Å². The molecule has 0 saturated carbocycles. The Balaban J connectivity index is 1.95. The third kappa shape index (κ3) is 1.96. The zero-order valence-electron chi connectivity index (χ0n) is 9.77. The van der Waals surface area contributed by atoms with Gasteiger partial charge in [0.15, 0.2) is 0 Å². The van der Waals surface area contributed by atoms with E-state index in [1.165, 1.54) is 16.0 Å². The van der Waals surface area contributed by atoms with Crippen LogP contribution < -0.4 is 10.1 Å². The van der Waals surface area contributed by atoms with Gasteiger partial charge in [-0.3, -0.25) is 0 Å². The number of thiophene rings is 1. The van der Waals surface area contributed by atoms with Crippen LogP contribution in [0.2, 0.25) is 0 Å². The van der Waals surface area contributed by atoms with Crippen molar-refractivity contribution in [2.75, 3.05) is 13.7 Å². The minimum Gasteiger partial charge on any atom is -0.497 e. The standard InChI is InChI=1S/C14H15NOS/c1-16-11-4-2-10(3-5-11)14-12-7-9-17-13(12)6-8-15-14/h2-5,7,9,14-15H,6,8H2,1H3/t14-/m0/s1. The van der Waals surface area contributed by atoms with Crippen LogP contribution in [0.5, 0.6) is 5.75 Å². The van der Waals surface area contributed by atoms with Gasteiger partial charge in [0, 0.05) is 11.4 Å². The van der Waals surface area contributed by atoms with Gasteiger partial charge in [-0.1, -0.05) is 12.1 Å². The molecule has 0 spiro atoms. The molecule has 2 nitrogen and oxygen atoms in total. The van der Waals surface area contributed by atoms with Crippen LogP contribution in [-0.4, -0.2) is 13.7 Å².